The number of para-hydroxylation sites is 2. The highest BCUT2D eigenvalue weighted by Crippen LogP contribution is 2.19. The number of benzene rings is 2. The fourth-order valence-electron chi connectivity index (χ4n) is 2.59. The van der Waals surface area contributed by atoms with Gasteiger partial charge in [0.1, 0.15) is 0 Å². The van der Waals surface area contributed by atoms with E-state index in [0.29, 0.717) is 0 Å². The van der Waals surface area contributed by atoms with Gasteiger partial charge in [0.05, 0.1) is 6.67 Å². The summed E-state index contributed by atoms with van der Waals surface area (Å²) in [4.78, 5) is 4.92. The van der Waals surface area contributed by atoms with Crippen LogP contribution in [0.25, 0.3) is 0 Å². The fourth-order valence-corrected chi connectivity index (χ4v) is 2.59. The fraction of sp³-hybridized carbons (Fsp3) is 0.368. The van der Waals surface area contributed by atoms with Gasteiger partial charge in [-0.25, -0.2) is 0 Å². The maximum atomic E-state index is 2.46. The highest BCUT2D eigenvalue weighted by atomic mass is 15.3. The normalized spacial score (nSPS) is 10.4. The van der Waals surface area contributed by atoms with Gasteiger partial charge in [-0.2, -0.15) is 0 Å². The van der Waals surface area contributed by atoms with E-state index in [1.54, 1.807) is 0 Å². The quantitative estimate of drug-likeness (QED) is 0.643. The number of nitrogens with zero attached hydrogens (tertiary/aromatic N) is 2. The van der Waals surface area contributed by atoms with Crippen LogP contribution in [0, 0.1) is 0 Å². The van der Waals surface area contributed by atoms with Crippen LogP contribution in [0.2, 0.25) is 0 Å². The van der Waals surface area contributed by atoms with Crippen LogP contribution in [-0.2, 0) is 0 Å². The van der Waals surface area contributed by atoms with Crippen molar-refractivity contribution in [1.82, 2.24) is 0 Å². The Bertz CT molecular complexity index is 448. The van der Waals surface area contributed by atoms with Crippen LogP contribution in [0.3, 0.4) is 0 Å². The molecule has 0 aliphatic heterocycles. The summed E-state index contributed by atoms with van der Waals surface area (Å²) in [6.07, 6.45) is 2.31. The molecule has 0 amide bonds. The summed E-state index contributed by atoms with van der Waals surface area (Å²) in [5.74, 6) is 0. The SMILES string of the molecule is CCCN(CN(CCC)c1ccccc1)c1ccccc1. The van der Waals surface area contributed by atoms with E-state index in [-0.39, 0.29) is 0 Å². The summed E-state index contributed by atoms with van der Waals surface area (Å²) < 4.78 is 0. The number of rotatable bonds is 8. The van der Waals surface area contributed by atoms with E-state index in [2.05, 4.69) is 84.3 Å². The van der Waals surface area contributed by atoms with E-state index in [1.165, 1.54) is 11.4 Å². The lowest BCUT2D eigenvalue weighted by molar-refractivity contribution is 0.697. The van der Waals surface area contributed by atoms with Crippen molar-refractivity contribution in [1.29, 1.82) is 0 Å². The van der Waals surface area contributed by atoms with Gasteiger partial charge in [0.2, 0.25) is 0 Å². The Labute approximate surface area is 129 Å². The average Bonchev–Trinajstić information content (AvgIpc) is 2.55. The summed E-state index contributed by atoms with van der Waals surface area (Å²) >= 11 is 0. The molecule has 0 aliphatic carbocycles. The topological polar surface area (TPSA) is 6.48 Å². The monoisotopic (exact) mass is 282 g/mol. The highest BCUT2D eigenvalue weighted by molar-refractivity contribution is 5.51. The second-order valence-corrected chi connectivity index (χ2v) is 5.34. The summed E-state index contributed by atoms with van der Waals surface area (Å²) in [7, 11) is 0. The molecule has 0 radical (unpaired) electrons. The van der Waals surface area contributed by atoms with Crippen LogP contribution < -0.4 is 9.80 Å². The smallest absolute Gasteiger partial charge is 0.0902 e. The molecule has 2 rings (SSSR count). The second-order valence-electron chi connectivity index (χ2n) is 5.34. The van der Waals surface area contributed by atoms with Crippen molar-refractivity contribution < 1.29 is 0 Å². The van der Waals surface area contributed by atoms with E-state index in [1.807, 2.05) is 0 Å². The minimum Gasteiger partial charge on any atom is -0.354 e. The lowest BCUT2D eigenvalue weighted by atomic mass is 10.2. The Morgan fingerprint density at radius 2 is 1.00 bits per heavy atom. The van der Waals surface area contributed by atoms with Gasteiger partial charge < -0.3 is 9.80 Å². The third kappa shape index (κ3) is 4.52. The largest absolute Gasteiger partial charge is 0.354 e. The van der Waals surface area contributed by atoms with Crippen LogP contribution >= 0.6 is 0 Å². The van der Waals surface area contributed by atoms with Gasteiger partial charge in [-0.15, -0.1) is 0 Å². The van der Waals surface area contributed by atoms with Gasteiger partial charge in [0.15, 0.2) is 0 Å². The van der Waals surface area contributed by atoms with Gasteiger partial charge in [0, 0.05) is 24.5 Å². The van der Waals surface area contributed by atoms with Crippen LogP contribution in [0.5, 0.6) is 0 Å². The predicted octanol–water partition coefficient (Wildman–Crippen LogP) is 4.78. The van der Waals surface area contributed by atoms with Gasteiger partial charge in [-0.3, -0.25) is 0 Å². The second kappa shape index (κ2) is 8.35. The van der Waals surface area contributed by atoms with Crippen LogP contribution in [0.15, 0.2) is 60.7 Å². The molecular formula is C19H26N2. The standard InChI is InChI=1S/C19H26N2/c1-3-15-20(18-11-7-5-8-12-18)17-21(16-4-2)19-13-9-6-10-14-19/h5-14H,3-4,15-17H2,1-2H3. The molecule has 0 heterocycles. The summed E-state index contributed by atoms with van der Waals surface area (Å²) in [5.41, 5.74) is 2.60. The first-order chi connectivity index (χ1) is 10.3. The average molecular weight is 282 g/mol. The maximum absolute atomic E-state index is 2.46. The zero-order chi connectivity index (χ0) is 14.9. The summed E-state index contributed by atoms with van der Waals surface area (Å²) in [5, 5.41) is 0. The maximum Gasteiger partial charge on any atom is 0.0902 e. The van der Waals surface area contributed by atoms with Crippen LogP contribution in [-0.4, -0.2) is 19.8 Å². The van der Waals surface area contributed by atoms with Crippen molar-refractivity contribution in [3.8, 4) is 0 Å². The lowest BCUT2D eigenvalue weighted by Gasteiger charge is -2.33. The van der Waals surface area contributed by atoms with Gasteiger partial charge in [0.25, 0.3) is 0 Å². The van der Waals surface area contributed by atoms with Crippen LogP contribution in [0.4, 0.5) is 11.4 Å². The molecule has 112 valence electrons. The Morgan fingerprint density at radius 3 is 1.33 bits per heavy atom. The van der Waals surface area contributed by atoms with Crippen molar-refractivity contribution >= 4 is 11.4 Å². The molecule has 2 nitrogen and oxygen atoms in total. The van der Waals surface area contributed by atoms with E-state index in [4.69, 9.17) is 0 Å². The molecule has 0 unspecified atom stereocenters. The molecule has 2 aromatic carbocycles. The first-order valence-electron chi connectivity index (χ1n) is 7.95. The third-order valence-electron chi connectivity index (χ3n) is 3.57. The number of hydrogen-bond donors (Lipinski definition) is 0. The van der Waals surface area contributed by atoms with E-state index in [9.17, 15) is 0 Å². The molecule has 2 aromatic rings. The molecule has 0 saturated carbocycles. The molecule has 0 aromatic heterocycles. The Hall–Kier alpha value is -1.96. The highest BCUT2D eigenvalue weighted by Gasteiger charge is 2.11. The van der Waals surface area contributed by atoms with Crippen molar-refractivity contribution in [2.75, 3.05) is 29.6 Å². The zero-order valence-corrected chi connectivity index (χ0v) is 13.2. The first-order valence-corrected chi connectivity index (χ1v) is 7.95. The summed E-state index contributed by atoms with van der Waals surface area (Å²) in [6, 6.07) is 21.4. The Morgan fingerprint density at radius 1 is 0.619 bits per heavy atom. The molecule has 0 bridgehead atoms. The van der Waals surface area contributed by atoms with Gasteiger partial charge in [-0.1, -0.05) is 50.2 Å². The third-order valence-corrected chi connectivity index (χ3v) is 3.57. The van der Waals surface area contributed by atoms with Gasteiger partial charge in [-0.05, 0) is 37.1 Å². The molecule has 0 atom stereocenters. The van der Waals surface area contributed by atoms with Crippen molar-refractivity contribution in [2.45, 2.75) is 26.7 Å². The molecule has 2 heteroatoms. The molecule has 0 spiro atoms. The van der Waals surface area contributed by atoms with E-state index >= 15 is 0 Å². The van der Waals surface area contributed by atoms with Crippen molar-refractivity contribution in [3.63, 3.8) is 0 Å². The first kappa shape index (κ1) is 15.4. The molecule has 0 fully saturated rings. The zero-order valence-electron chi connectivity index (χ0n) is 13.2. The van der Waals surface area contributed by atoms with Crippen molar-refractivity contribution in [3.05, 3.63) is 60.7 Å². The molecule has 0 saturated heterocycles. The summed E-state index contributed by atoms with van der Waals surface area (Å²) in [6.45, 7) is 7.58. The molecule has 21 heavy (non-hydrogen) atoms. The van der Waals surface area contributed by atoms with E-state index in [0.717, 1.165) is 32.6 Å². The Kier molecular flexibility index (Phi) is 6.14. The number of hydrogen-bond acceptors (Lipinski definition) is 2. The minimum absolute atomic E-state index is 0.940. The molecular weight excluding hydrogens is 256 g/mol. The molecule has 0 N–H and O–H groups in total. The predicted molar refractivity (Wildman–Crippen MR) is 93.0 cm³/mol. The van der Waals surface area contributed by atoms with Crippen molar-refractivity contribution in [2.24, 2.45) is 0 Å². The Balaban J connectivity index is 2.16. The lowest BCUT2D eigenvalue weighted by Crippen LogP contribution is -2.39. The molecule has 0 aliphatic rings. The van der Waals surface area contributed by atoms with Crippen LogP contribution in [0.1, 0.15) is 26.7 Å². The van der Waals surface area contributed by atoms with E-state index < -0.39 is 0 Å². The number of anilines is 2. The minimum atomic E-state index is 0.940. The van der Waals surface area contributed by atoms with Gasteiger partial charge >= 0.3 is 0 Å².